The van der Waals surface area contributed by atoms with Crippen molar-refractivity contribution in [2.45, 2.75) is 18.7 Å². The number of pyridine rings is 1. The van der Waals surface area contributed by atoms with Crippen LogP contribution in [-0.4, -0.2) is 41.8 Å². The number of amides is 1. The van der Waals surface area contributed by atoms with E-state index < -0.39 is 11.9 Å². The lowest BCUT2D eigenvalue weighted by Gasteiger charge is -2.38. The van der Waals surface area contributed by atoms with Gasteiger partial charge in [-0.2, -0.15) is 13.2 Å². The molecule has 0 radical (unpaired) electrons. The van der Waals surface area contributed by atoms with Crippen LogP contribution in [0.3, 0.4) is 0 Å². The molecule has 0 aliphatic carbocycles. The van der Waals surface area contributed by atoms with Gasteiger partial charge < -0.3 is 19.1 Å². The Bertz CT molecular complexity index is 866. The molecule has 1 saturated heterocycles. The molecule has 2 aliphatic heterocycles. The Balaban J connectivity index is 1.30. The van der Waals surface area contributed by atoms with Crippen molar-refractivity contribution in [3.05, 3.63) is 47.7 Å². The molecule has 0 saturated carbocycles. The van der Waals surface area contributed by atoms with Gasteiger partial charge in [-0.25, -0.2) is 4.98 Å². The van der Waals surface area contributed by atoms with Gasteiger partial charge in [0.05, 0.1) is 19.5 Å². The van der Waals surface area contributed by atoms with E-state index in [1.165, 1.54) is 12.1 Å². The lowest BCUT2D eigenvalue weighted by atomic mass is 10.1. The Hall–Kier alpha value is -2.97. The summed E-state index contributed by atoms with van der Waals surface area (Å²) in [6.45, 7) is 0.782. The van der Waals surface area contributed by atoms with E-state index >= 15 is 0 Å². The fraction of sp³-hybridized carbons (Fsp3) is 0.333. The van der Waals surface area contributed by atoms with Crippen molar-refractivity contribution in [3.8, 4) is 17.4 Å². The summed E-state index contributed by atoms with van der Waals surface area (Å²) in [5.74, 6) is 1.07. The van der Waals surface area contributed by atoms with Gasteiger partial charge in [-0.1, -0.05) is 12.1 Å². The van der Waals surface area contributed by atoms with Crippen molar-refractivity contribution in [2.24, 2.45) is 0 Å². The van der Waals surface area contributed by atoms with E-state index in [0.29, 0.717) is 24.6 Å². The zero-order valence-electron chi connectivity index (χ0n) is 14.0. The molecule has 142 valence electrons. The molecule has 2 aliphatic rings. The summed E-state index contributed by atoms with van der Waals surface area (Å²) in [4.78, 5) is 17.4. The van der Waals surface area contributed by atoms with Crippen LogP contribution in [0.15, 0.2) is 36.4 Å². The third-order valence-corrected chi connectivity index (χ3v) is 4.29. The van der Waals surface area contributed by atoms with Crippen molar-refractivity contribution in [2.75, 3.05) is 19.9 Å². The highest BCUT2D eigenvalue weighted by Gasteiger charge is 2.35. The zero-order chi connectivity index (χ0) is 19.0. The number of nitrogens with zero attached hydrogens (tertiary/aromatic N) is 2. The first-order valence-electron chi connectivity index (χ1n) is 8.26. The molecule has 0 spiro atoms. The molecule has 9 heteroatoms. The number of alkyl halides is 3. The third-order valence-electron chi connectivity index (χ3n) is 4.29. The second kappa shape index (κ2) is 6.64. The summed E-state index contributed by atoms with van der Waals surface area (Å²) < 4.78 is 54.0. The van der Waals surface area contributed by atoms with Crippen molar-refractivity contribution in [1.82, 2.24) is 9.88 Å². The average Bonchev–Trinajstić information content (AvgIpc) is 3.05. The van der Waals surface area contributed by atoms with Crippen LogP contribution in [-0.2, 0) is 17.4 Å². The van der Waals surface area contributed by atoms with Gasteiger partial charge in [-0.3, -0.25) is 4.79 Å². The van der Waals surface area contributed by atoms with E-state index in [1.807, 2.05) is 0 Å². The molecule has 0 atom stereocenters. The number of hydrogen-bond donors (Lipinski definition) is 0. The van der Waals surface area contributed by atoms with Crippen LogP contribution in [0.25, 0.3) is 0 Å². The highest BCUT2D eigenvalue weighted by atomic mass is 19.4. The van der Waals surface area contributed by atoms with Crippen LogP contribution in [0.1, 0.15) is 11.3 Å². The van der Waals surface area contributed by atoms with Crippen molar-refractivity contribution in [1.29, 1.82) is 0 Å². The standard InChI is InChI=1S/C18H15F3N2O4/c19-18(20,21)15-2-1-3-16(22-15)27-12-8-23(9-12)17(24)7-11-4-5-13-14(6-11)26-10-25-13/h1-6,12H,7-10H2. The third kappa shape index (κ3) is 3.76. The minimum absolute atomic E-state index is 0.0919. The number of benzene rings is 1. The maximum atomic E-state index is 12.7. The molecule has 1 amide bonds. The quantitative estimate of drug-likeness (QED) is 0.816. The monoisotopic (exact) mass is 380 g/mol. The highest BCUT2D eigenvalue weighted by molar-refractivity contribution is 5.80. The molecule has 27 heavy (non-hydrogen) atoms. The number of aromatic nitrogens is 1. The molecule has 1 aromatic heterocycles. The van der Waals surface area contributed by atoms with Gasteiger partial charge >= 0.3 is 6.18 Å². The number of ether oxygens (including phenoxy) is 3. The molecule has 0 unspecified atom stereocenters. The van der Waals surface area contributed by atoms with Crippen LogP contribution in [0.4, 0.5) is 13.2 Å². The minimum Gasteiger partial charge on any atom is -0.471 e. The Labute approximate surface area is 152 Å². The van der Waals surface area contributed by atoms with Crippen LogP contribution in [0.5, 0.6) is 17.4 Å². The number of carbonyl (C=O) groups is 1. The van der Waals surface area contributed by atoms with E-state index in [4.69, 9.17) is 14.2 Å². The smallest absolute Gasteiger partial charge is 0.433 e. The molecule has 3 heterocycles. The molecular weight excluding hydrogens is 365 g/mol. The maximum absolute atomic E-state index is 12.7. The van der Waals surface area contributed by atoms with Crippen molar-refractivity contribution in [3.63, 3.8) is 0 Å². The van der Waals surface area contributed by atoms with Crippen molar-refractivity contribution >= 4 is 5.91 Å². The Morgan fingerprint density at radius 1 is 1.19 bits per heavy atom. The lowest BCUT2D eigenvalue weighted by molar-refractivity contribution is -0.141. The summed E-state index contributed by atoms with van der Waals surface area (Å²) in [6, 6.07) is 8.81. The number of rotatable bonds is 4. The van der Waals surface area contributed by atoms with E-state index in [0.717, 1.165) is 11.6 Å². The van der Waals surface area contributed by atoms with Gasteiger partial charge in [-0.05, 0) is 23.8 Å². The van der Waals surface area contributed by atoms with Crippen molar-refractivity contribution < 1.29 is 32.2 Å². The first-order chi connectivity index (χ1) is 12.9. The second-order valence-electron chi connectivity index (χ2n) is 6.26. The minimum atomic E-state index is -4.52. The van der Waals surface area contributed by atoms with Gasteiger partial charge in [0.25, 0.3) is 0 Å². The molecule has 0 bridgehead atoms. The molecule has 6 nitrogen and oxygen atoms in total. The van der Waals surface area contributed by atoms with E-state index in [1.54, 1.807) is 23.1 Å². The van der Waals surface area contributed by atoms with Gasteiger partial charge in [0.15, 0.2) is 11.5 Å². The predicted octanol–water partition coefficient (Wildman–Crippen LogP) is 2.66. The van der Waals surface area contributed by atoms with Gasteiger partial charge in [0.2, 0.25) is 18.6 Å². The largest absolute Gasteiger partial charge is 0.471 e. The SMILES string of the molecule is O=C(Cc1ccc2c(c1)OCO2)N1CC(Oc2cccc(C(F)(F)F)n2)C1. The fourth-order valence-electron chi connectivity index (χ4n) is 2.86. The number of fused-ring (bicyclic) bond motifs is 1. The maximum Gasteiger partial charge on any atom is 0.433 e. The van der Waals surface area contributed by atoms with E-state index in [2.05, 4.69) is 4.98 Å². The number of hydrogen-bond acceptors (Lipinski definition) is 5. The molecule has 2 aromatic rings. The predicted molar refractivity (Wildman–Crippen MR) is 86.5 cm³/mol. The fourth-order valence-corrected chi connectivity index (χ4v) is 2.86. The van der Waals surface area contributed by atoms with Gasteiger partial charge in [-0.15, -0.1) is 0 Å². The number of halogens is 3. The highest BCUT2D eigenvalue weighted by Crippen LogP contribution is 2.33. The first-order valence-corrected chi connectivity index (χ1v) is 8.26. The number of carbonyl (C=O) groups excluding carboxylic acids is 1. The normalized spacial score (nSPS) is 16.2. The molecule has 4 rings (SSSR count). The molecule has 0 N–H and O–H groups in total. The Morgan fingerprint density at radius 3 is 2.74 bits per heavy atom. The Kier molecular flexibility index (Phi) is 4.29. The molecule has 1 aromatic carbocycles. The Morgan fingerprint density at radius 2 is 1.96 bits per heavy atom. The van der Waals surface area contributed by atoms with Crippen LogP contribution >= 0.6 is 0 Å². The summed E-state index contributed by atoms with van der Waals surface area (Å²) in [7, 11) is 0. The lowest BCUT2D eigenvalue weighted by Crippen LogP contribution is -2.56. The number of likely N-dealkylation sites (tertiary alicyclic amines) is 1. The summed E-state index contributed by atoms with van der Waals surface area (Å²) >= 11 is 0. The topological polar surface area (TPSA) is 60.9 Å². The van der Waals surface area contributed by atoms with Crippen LogP contribution < -0.4 is 14.2 Å². The summed E-state index contributed by atoms with van der Waals surface area (Å²) in [6.07, 6.45) is -4.70. The van der Waals surface area contributed by atoms with E-state index in [-0.39, 0.29) is 31.1 Å². The van der Waals surface area contributed by atoms with E-state index in [9.17, 15) is 18.0 Å². The zero-order valence-corrected chi connectivity index (χ0v) is 14.0. The molecular formula is C18H15F3N2O4. The van der Waals surface area contributed by atoms with Crippen LogP contribution in [0, 0.1) is 0 Å². The summed E-state index contributed by atoms with van der Waals surface area (Å²) in [5.41, 5.74) is -0.205. The second-order valence-corrected chi connectivity index (χ2v) is 6.26. The van der Waals surface area contributed by atoms with Crippen LogP contribution in [0.2, 0.25) is 0 Å². The average molecular weight is 380 g/mol. The van der Waals surface area contributed by atoms with Gasteiger partial charge in [0.1, 0.15) is 11.8 Å². The molecule has 1 fully saturated rings. The first kappa shape index (κ1) is 17.4. The van der Waals surface area contributed by atoms with Gasteiger partial charge in [0, 0.05) is 6.07 Å². The summed E-state index contributed by atoms with van der Waals surface area (Å²) in [5, 5.41) is 0.